The average molecular weight is 408 g/mol. The second-order valence-corrected chi connectivity index (χ2v) is 7.04. The first kappa shape index (κ1) is 17.1. The Morgan fingerprint density at radius 2 is 1.85 bits per heavy atom. The maximum Gasteiger partial charge on any atom is 0.337 e. The molecule has 1 aromatic carbocycles. The Bertz CT molecular complexity index is 539. The number of nitrogens with one attached hydrogen (secondary N) is 2. The summed E-state index contributed by atoms with van der Waals surface area (Å²) in [4.78, 5) is 23.1. The second-order valence-electron chi connectivity index (χ2n) is 5.27. The van der Waals surface area contributed by atoms with E-state index in [0.717, 1.165) is 0 Å². The number of rotatable bonds is 4. The smallest absolute Gasteiger partial charge is 0.337 e. The lowest BCUT2D eigenvalue weighted by Gasteiger charge is -2.20. The molecule has 7 heteroatoms. The van der Waals surface area contributed by atoms with Gasteiger partial charge in [0.2, 0.25) is 5.91 Å². The van der Waals surface area contributed by atoms with Crippen molar-refractivity contribution in [2.75, 3.05) is 11.9 Å². The van der Waals surface area contributed by atoms with E-state index in [9.17, 15) is 14.7 Å². The molecule has 0 aliphatic carbocycles. The normalized spacial score (nSPS) is 11.2. The first-order valence-electron chi connectivity index (χ1n) is 5.87. The van der Waals surface area contributed by atoms with Crippen molar-refractivity contribution in [2.24, 2.45) is 0 Å². The maximum atomic E-state index is 11.9. The predicted octanol–water partition coefficient (Wildman–Crippen LogP) is 3.24. The van der Waals surface area contributed by atoms with Crippen LogP contribution in [0.2, 0.25) is 0 Å². The molecule has 3 N–H and O–H groups in total. The minimum absolute atomic E-state index is 0.0235. The first-order chi connectivity index (χ1) is 9.10. The Labute approximate surface area is 134 Å². The lowest BCUT2D eigenvalue weighted by molar-refractivity contribution is -0.115. The summed E-state index contributed by atoms with van der Waals surface area (Å²) in [6, 6.07) is 3.12. The summed E-state index contributed by atoms with van der Waals surface area (Å²) < 4.78 is 1.13. The topological polar surface area (TPSA) is 78.4 Å². The molecule has 20 heavy (non-hydrogen) atoms. The van der Waals surface area contributed by atoms with Gasteiger partial charge in [-0.1, -0.05) is 15.9 Å². The summed E-state index contributed by atoms with van der Waals surface area (Å²) in [7, 11) is 0. The molecule has 0 fully saturated rings. The third kappa shape index (κ3) is 5.22. The molecule has 0 spiro atoms. The van der Waals surface area contributed by atoms with E-state index in [0.29, 0.717) is 8.95 Å². The number of halogens is 2. The lowest BCUT2D eigenvalue weighted by Crippen LogP contribution is -2.41. The zero-order valence-electron chi connectivity index (χ0n) is 11.4. The van der Waals surface area contributed by atoms with Gasteiger partial charge in [0.1, 0.15) is 0 Å². The summed E-state index contributed by atoms with van der Waals surface area (Å²) in [6.45, 7) is 5.93. The van der Waals surface area contributed by atoms with Gasteiger partial charge in [0.25, 0.3) is 0 Å². The molecule has 0 aliphatic rings. The Kier molecular flexibility index (Phi) is 5.73. The van der Waals surface area contributed by atoms with Gasteiger partial charge in [0.05, 0.1) is 17.8 Å². The van der Waals surface area contributed by atoms with Crippen molar-refractivity contribution in [3.05, 3.63) is 26.6 Å². The van der Waals surface area contributed by atoms with Crippen LogP contribution < -0.4 is 10.6 Å². The van der Waals surface area contributed by atoms with Gasteiger partial charge >= 0.3 is 5.97 Å². The van der Waals surface area contributed by atoms with Crippen LogP contribution in [-0.2, 0) is 4.79 Å². The van der Waals surface area contributed by atoms with Crippen LogP contribution in [0.3, 0.4) is 0 Å². The highest BCUT2D eigenvalue weighted by Crippen LogP contribution is 2.30. The third-order valence-corrected chi connectivity index (χ3v) is 3.41. The maximum absolute atomic E-state index is 11.9. The molecule has 0 aliphatic heterocycles. The van der Waals surface area contributed by atoms with Gasteiger partial charge < -0.3 is 15.7 Å². The number of carbonyl (C=O) groups excluding carboxylic acids is 1. The Hall–Kier alpha value is -0.920. The molecular weight excluding hydrogens is 392 g/mol. The highest BCUT2D eigenvalue weighted by atomic mass is 79.9. The van der Waals surface area contributed by atoms with Crippen molar-refractivity contribution in [3.63, 3.8) is 0 Å². The van der Waals surface area contributed by atoms with Crippen LogP contribution in [0, 0.1) is 0 Å². The van der Waals surface area contributed by atoms with Gasteiger partial charge in [-0.25, -0.2) is 4.79 Å². The first-order valence-corrected chi connectivity index (χ1v) is 7.46. The van der Waals surface area contributed by atoms with Gasteiger partial charge in [0.15, 0.2) is 0 Å². The van der Waals surface area contributed by atoms with Gasteiger partial charge in [-0.2, -0.15) is 0 Å². The van der Waals surface area contributed by atoms with Crippen molar-refractivity contribution in [1.29, 1.82) is 0 Å². The number of aromatic carboxylic acids is 1. The Balaban J connectivity index is 2.92. The SMILES string of the molecule is CC(C)(C)NCC(=O)Nc1c(Br)cc(Br)cc1C(=O)O. The Morgan fingerprint density at radius 3 is 2.35 bits per heavy atom. The van der Waals surface area contributed by atoms with Crippen LogP contribution >= 0.6 is 31.9 Å². The predicted molar refractivity (Wildman–Crippen MR) is 85.2 cm³/mol. The molecule has 0 radical (unpaired) electrons. The summed E-state index contributed by atoms with van der Waals surface area (Å²) in [6.07, 6.45) is 0. The van der Waals surface area contributed by atoms with Crippen LogP contribution in [-0.4, -0.2) is 29.1 Å². The number of carboxylic acids is 1. The molecule has 5 nitrogen and oxygen atoms in total. The van der Waals surface area contributed by atoms with Crippen LogP contribution in [0.15, 0.2) is 21.1 Å². The van der Waals surface area contributed by atoms with Gasteiger partial charge in [-0.15, -0.1) is 0 Å². The molecule has 0 bridgehead atoms. The summed E-state index contributed by atoms with van der Waals surface area (Å²) >= 11 is 6.48. The summed E-state index contributed by atoms with van der Waals surface area (Å²) in [5.41, 5.74) is 0.0842. The van der Waals surface area contributed by atoms with Crippen molar-refractivity contribution in [3.8, 4) is 0 Å². The standard InChI is InChI=1S/C13H16Br2N2O3/c1-13(2,3)16-6-10(18)17-11-8(12(19)20)4-7(14)5-9(11)15/h4-5,16H,6H2,1-3H3,(H,17,18)(H,19,20). The van der Waals surface area contributed by atoms with Crippen molar-refractivity contribution in [1.82, 2.24) is 5.32 Å². The number of benzene rings is 1. The third-order valence-electron chi connectivity index (χ3n) is 2.33. The monoisotopic (exact) mass is 406 g/mol. The molecule has 0 saturated heterocycles. The Morgan fingerprint density at radius 1 is 1.25 bits per heavy atom. The number of amides is 1. The number of carboxylic acid groups (broad SMARTS) is 1. The molecule has 0 heterocycles. The van der Waals surface area contributed by atoms with E-state index in [2.05, 4.69) is 42.5 Å². The molecule has 110 valence electrons. The van der Waals surface area contributed by atoms with E-state index >= 15 is 0 Å². The minimum atomic E-state index is -1.11. The number of hydrogen-bond acceptors (Lipinski definition) is 3. The van der Waals surface area contributed by atoms with Gasteiger partial charge in [-0.3, -0.25) is 4.79 Å². The molecule has 0 unspecified atom stereocenters. The zero-order chi connectivity index (χ0) is 15.5. The highest BCUT2D eigenvalue weighted by molar-refractivity contribution is 9.11. The van der Waals surface area contributed by atoms with Gasteiger partial charge in [0, 0.05) is 14.5 Å². The summed E-state index contributed by atoms with van der Waals surface area (Å²) in [5.74, 6) is -1.41. The largest absolute Gasteiger partial charge is 0.478 e. The molecular formula is C13H16Br2N2O3. The zero-order valence-corrected chi connectivity index (χ0v) is 14.6. The highest BCUT2D eigenvalue weighted by Gasteiger charge is 2.18. The van der Waals surface area contributed by atoms with Crippen molar-refractivity contribution < 1.29 is 14.7 Å². The van der Waals surface area contributed by atoms with E-state index in [1.807, 2.05) is 20.8 Å². The molecule has 0 atom stereocenters. The van der Waals surface area contributed by atoms with Gasteiger partial charge in [-0.05, 0) is 48.8 Å². The second kappa shape index (κ2) is 6.69. The average Bonchev–Trinajstić information content (AvgIpc) is 2.28. The number of hydrogen-bond donors (Lipinski definition) is 3. The van der Waals surface area contributed by atoms with Crippen LogP contribution in [0.5, 0.6) is 0 Å². The molecule has 1 rings (SSSR count). The lowest BCUT2D eigenvalue weighted by atomic mass is 10.1. The number of carbonyl (C=O) groups is 2. The van der Waals surface area contributed by atoms with E-state index in [4.69, 9.17) is 0 Å². The molecule has 1 amide bonds. The van der Waals surface area contributed by atoms with E-state index in [1.165, 1.54) is 6.07 Å². The molecule has 0 saturated carbocycles. The van der Waals surface area contributed by atoms with Crippen LogP contribution in [0.25, 0.3) is 0 Å². The van der Waals surface area contributed by atoms with Crippen molar-refractivity contribution >= 4 is 49.4 Å². The fraction of sp³-hybridized carbons (Fsp3) is 0.385. The minimum Gasteiger partial charge on any atom is -0.478 e. The van der Waals surface area contributed by atoms with Crippen molar-refractivity contribution in [2.45, 2.75) is 26.3 Å². The molecule has 1 aromatic rings. The van der Waals surface area contributed by atoms with E-state index < -0.39 is 5.97 Å². The molecule has 0 aromatic heterocycles. The van der Waals surface area contributed by atoms with E-state index in [-0.39, 0.29) is 29.2 Å². The quantitative estimate of drug-likeness (QED) is 0.715. The van der Waals surface area contributed by atoms with Crippen LogP contribution in [0.4, 0.5) is 5.69 Å². The number of anilines is 1. The summed E-state index contributed by atoms with van der Waals surface area (Å²) in [5, 5.41) is 14.8. The van der Waals surface area contributed by atoms with Crippen LogP contribution in [0.1, 0.15) is 31.1 Å². The fourth-order valence-electron chi connectivity index (χ4n) is 1.40. The fourth-order valence-corrected chi connectivity index (χ4v) is 2.72. The van der Waals surface area contributed by atoms with E-state index in [1.54, 1.807) is 6.07 Å².